The van der Waals surface area contributed by atoms with Crippen LogP contribution in [0.15, 0.2) is 4.42 Å². The topological polar surface area (TPSA) is 54.2 Å². The molecule has 0 saturated carbocycles. The standard InChI is InChI=1S/C15H26N4O/c1-15(2,3)14-18-17-13(20-14)9-19(4)12-7-10-5-6-11(8-12)16-10/h10-12,16H,5-9H2,1-4H3. The SMILES string of the molecule is CN(Cc1nnc(C(C)(C)C)o1)C1CC2CCC(C1)N2. The molecule has 3 rings (SSSR count). The minimum Gasteiger partial charge on any atom is -0.423 e. The zero-order chi connectivity index (χ0) is 14.3. The van der Waals surface area contributed by atoms with Crippen LogP contribution in [0.3, 0.4) is 0 Å². The molecule has 1 aromatic rings. The molecule has 112 valence electrons. The summed E-state index contributed by atoms with van der Waals surface area (Å²) in [6, 6.07) is 2.07. The maximum absolute atomic E-state index is 5.80. The van der Waals surface area contributed by atoms with E-state index in [1.54, 1.807) is 0 Å². The smallest absolute Gasteiger partial charge is 0.230 e. The average Bonchev–Trinajstić information content (AvgIpc) is 2.96. The van der Waals surface area contributed by atoms with Crippen LogP contribution in [-0.2, 0) is 12.0 Å². The number of hydrogen-bond acceptors (Lipinski definition) is 5. The van der Waals surface area contributed by atoms with Crippen molar-refractivity contribution in [3.63, 3.8) is 0 Å². The third-order valence-corrected chi connectivity index (χ3v) is 4.56. The van der Waals surface area contributed by atoms with Crippen LogP contribution in [-0.4, -0.2) is 40.3 Å². The molecule has 5 nitrogen and oxygen atoms in total. The van der Waals surface area contributed by atoms with Gasteiger partial charge in [-0.05, 0) is 32.7 Å². The first kappa shape index (κ1) is 14.0. The van der Waals surface area contributed by atoms with Crippen molar-refractivity contribution in [2.45, 2.75) is 76.5 Å². The van der Waals surface area contributed by atoms with Crippen molar-refractivity contribution in [3.05, 3.63) is 11.8 Å². The van der Waals surface area contributed by atoms with Gasteiger partial charge in [-0.3, -0.25) is 4.90 Å². The average molecular weight is 278 g/mol. The van der Waals surface area contributed by atoms with Crippen LogP contribution in [0.2, 0.25) is 0 Å². The molecule has 0 spiro atoms. The molecule has 0 radical (unpaired) electrons. The van der Waals surface area contributed by atoms with Crippen LogP contribution >= 0.6 is 0 Å². The molecule has 20 heavy (non-hydrogen) atoms. The van der Waals surface area contributed by atoms with Crippen molar-refractivity contribution < 1.29 is 4.42 Å². The highest BCUT2D eigenvalue weighted by Gasteiger charge is 2.35. The minimum atomic E-state index is -0.0717. The number of piperidine rings is 1. The van der Waals surface area contributed by atoms with Gasteiger partial charge in [-0.25, -0.2) is 0 Å². The van der Waals surface area contributed by atoms with E-state index in [0.717, 1.165) is 18.3 Å². The molecule has 0 aromatic carbocycles. The van der Waals surface area contributed by atoms with Crippen LogP contribution in [0.5, 0.6) is 0 Å². The molecule has 2 fully saturated rings. The summed E-state index contributed by atoms with van der Waals surface area (Å²) in [5, 5.41) is 12.1. The molecule has 1 aromatic heterocycles. The molecule has 2 saturated heterocycles. The van der Waals surface area contributed by atoms with Gasteiger partial charge in [0.2, 0.25) is 11.8 Å². The summed E-state index contributed by atoms with van der Waals surface area (Å²) in [6.45, 7) is 7.04. The first-order valence-corrected chi connectivity index (χ1v) is 7.71. The lowest BCUT2D eigenvalue weighted by Gasteiger charge is -2.34. The predicted octanol–water partition coefficient (Wildman–Crippen LogP) is 2.08. The summed E-state index contributed by atoms with van der Waals surface area (Å²) in [7, 11) is 2.18. The van der Waals surface area contributed by atoms with Crippen molar-refractivity contribution in [3.8, 4) is 0 Å². The van der Waals surface area contributed by atoms with Gasteiger partial charge in [-0.1, -0.05) is 20.8 Å². The zero-order valence-electron chi connectivity index (χ0n) is 13.0. The molecule has 2 bridgehead atoms. The predicted molar refractivity (Wildman–Crippen MR) is 77.4 cm³/mol. The normalized spacial score (nSPS) is 30.1. The highest BCUT2D eigenvalue weighted by molar-refractivity contribution is 4.98. The largest absolute Gasteiger partial charge is 0.423 e. The van der Waals surface area contributed by atoms with Crippen molar-refractivity contribution in [2.24, 2.45) is 0 Å². The minimum absolute atomic E-state index is 0.0717. The fourth-order valence-electron chi connectivity index (χ4n) is 3.35. The second-order valence-corrected chi connectivity index (χ2v) is 7.43. The van der Waals surface area contributed by atoms with Crippen LogP contribution in [0.4, 0.5) is 0 Å². The number of nitrogens with zero attached hydrogens (tertiary/aromatic N) is 3. The second-order valence-electron chi connectivity index (χ2n) is 7.43. The molecule has 1 N–H and O–H groups in total. The Balaban J connectivity index is 1.61. The Morgan fingerprint density at radius 2 is 1.85 bits per heavy atom. The van der Waals surface area contributed by atoms with E-state index in [2.05, 4.69) is 48.2 Å². The summed E-state index contributed by atoms with van der Waals surface area (Å²) >= 11 is 0. The van der Waals surface area contributed by atoms with E-state index in [-0.39, 0.29) is 5.41 Å². The monoisotopic (exact) mass is 278 g/mol. The van der Waals surface area contributed by atoms with Gasteiger partial charge in [-0.15, -0.1) is 10.2 Å². The molecule has 2 atom stereocenters. The Hall–Kier alpha value is -0.940. The van der Waals surface area contributed by atoms with Crippen molar-refractivity contribution in [2.75, 3.05) is 7.05 Å². The lowest BCUT2D eigenvalue weighted by molar-refractivity contribution is 0.152. The quantitative estimate of drug-likeness (QED) is 0.917. The fourth-order valence-corrected chi connectivity index (χ4v) is 3.35. The van der Waals surface area contributed by atoms with Crippen LogP contribution in [0, 0.1) is 0 Å². The number of rotatable bonds is 3. The molecule has 5 heteroatoms. The maximum Gasteiger partial charge on any atom is 0.230 e. The van der Waals surface area contributed by atoms with Gasteiger partial charge in [-0.2, -0.15) is 0 Å². The molecule has 2 aliphatic heterocycles. The molecule has 2 unspecified atom stereocenters. The van der Waals surface area contributed by atoms with Gasteiger partial charge in [0, 0.05) is 23.5 Å². The molecule has 2 aliphatic rings. The van der Waals surface area contributed by atoms with Gasteiger partial charge in [0.15, 0.2) is 0 Å². The third-order valence-electron chi connectivity index (χ3n) is 4.56. The molecule has 3 heterocycles. The Morgan fingerprint density at radius 1 is 1.20 bits per heavy atom. The highest BCUT2D eigenvalue weighted by atomic mass is 16.4. The van der Waals surface area contributed by atoms with Crippen molar-refractivity contribution in [1.82, 2.24) is 20.4 Å². The Labute approximate surface area is 121 Å². The van der Waals surface area contributed by atoms with Gasteiger partial charge < -0.3 is 9.73 Å². The lowest BCUT2D eigenvalue weighted by atomic mass is 9.97. The zero-order valence-corrected chi connectivity index (χ0v) is 13.0. The summed E-state index contributed by atoms with van der Waals surface area (Å²) < 4.78 is 5.80. The van der Waals surface area contributed by atoms with E-state index in [0.29, 0.717) is 18.1 Å². The van der Waals surface area contributed by atoms with Gasteiger partial charge in [0.1, 0.15) is 0 Å². The number of fused-ring (bicyclic) bond motifs is 2. The molecular weight excluding hydrogens is 252 g/mol. The van der Waals surface area contributed by atoms with Crippen LogP contribution < -0.4 is 5.32 Å². The summed E-state index contributed by atoms with van der Waals surface area (Å²) in [6.07, 6.45) is 5.16. The Morgan fingerprint density at radius 3 is 2.40 bits per heavy atom. The van der Waals surface area contributed by atoms with Crippen LogP contribution in [0.25, 0.3) is 0 Å². The molecule has 0 amide bonds. The summed E-state index contributed by atoms with van der Waals surface area (Å²) in [5.74, 6) is 1.47. The van der Waals surface area contributed by atoms with E-state index in [4.69, 9.17) is 4.42 Å². The van der Waals surface area contributed by atoms with Gasteiger partial charge in [0.05, 0.1) is 6.54 Å². The summed E-state index contributed by atoms with van der Waals surface area (Å²) in [4.78, 5) is 2.38. The number of aromatic nitrogens is 2. The van der Waals surface area contributed by atoms with Crippen molar-refractivity contribution >= 4 is 0 Å². The van der Waals surface area contributed by atoms with E-state index in [1.165, 1.54) is 25.7 Å². The first-order chi connectivity index (χ1) is 9.41. The molecule has 0 aliphatic carbocycles. The third kappa shape index (κ3) is 2.88. The van der Waals surface area contributed by atoms with Gasteiger partial charge in [0.25, 0.3) is 0 Å². The summed E-state index contributed by atoms with van der Waals surface area (Å²) in [5.41, 5.74) is -0.0717. The maximum atomic E-state index is 5.80. The van der Waals surface area contributed by atoms with E-state index in [1.807, 2.05) is 0 Å². The first-order valence-electron chi connectivity index (χ1n) is 7.71. The molecular formula is C15H26N4O. The second kappa shape index (κ2) is 5.11. The van der Waals surface area contributed by atoms with Gasteiger partial charge >= 0.3 is 0 Å². The van der Waals surface area contributed by atoms with Crippen molar-refractivity contribution in [1.29, 1.82) is 0 Å². The Bertz CT molecular complexity index is 453. The van der Waals surface area contributed by atoms with E-state index in [9.17, 15) is 0 Å². The van der Waals surface area contributed by atoms with E-state index < -0.39 is 0 Å². The lowest BCUT2D eigenvalue weighted by Crippen LogP contribution is -2.46. The number of nitrogens with one attached hydrogen (secondary N) is 1. The Kier molecular flexibility index (Phi) is 3.58. The van der Waals surface area contributed by atoms with Crippen LogP contribution in [0.1, 0.15) is 58.2 Å². The highest BCUT2D eigenvalue weighted by Crippen LogP contribution is 2.30. The fraction of sp³-hybridized carbons (Fsp3) is 0.867. The van der Waals surface area contributed by atoms with E-state index >= 15 is 0 Å². The number of hydrogen-bond donors (Lipinski definition) is 1.